The average Bonchev–Trinajstić information content (AvgIpc) is 2.70. The van der Waals surface area contributed by atoms with E-state index < -0.39 is 6.17 Å². The third-order valence-corrected chi connectivity index (χ3v) is 4.85. The maximum Gasteiger partial charge on any atom is 0.278 e. The minimum absolute atomic E-state index is 0.112. The summed E-state index contributed by atoms with van der Waals surface area (Å²) in [5.41, 5.74) is 3.18. The number of halogens is 1. The molecule has 3 aromatic rings. The smallest absolute Gasteiger partial charge is 0.278 e. The summed E-state index contributed by atoms with van der Waals surface area (Å²) in [5.74, 6) is -0.116. The fraction of sp³-hybridized carbons (Fsp3) is 0.0909. The summed E-state index contributed by atoms with van der Waals surface area (Å²) >= 11 is 6.17. The molecular formula is C22H18ClN3O2. The molecule has 140 valence electrons. The summed E-state index contributed by atoms with van der Waals surface area (Å²) in [6.45, 7) is 1.76. The number of amides is 1. The molecule has 6 heteroatoms. The Balaban J connectivity index is 1.82. The first-order valence-electron chi connectivity index (χ1n) is 8.83. The van der Waals surface area contributed by atoms with E-state index in [4.69, 9.17) is 11.6 Å². The summed E-state index contributed by atoms with van der Waals surface area (Å²) in [6.07, 6.45) is -0.526. The van der Waals surface area contributed by atoms with Crippen LogP contribution >= 0.6 is 11.6 Å². The van der Waals surface area contributed by atoms with Gasteiger partial charge in [0.25, 0.3) is 5.91 Å². The molecular weight excluding hydrogens is 374 g/mol. The highest BCUT2D eigenvalue weighted by atomic mass is 35.5. The van der Waals surface area contributed by atoms with E-state index >= 15 is 0 Å². The van der Waals surface area contributed by atoms with Crippen molar-refractivity contribution in [1.82, 2.24) is 5.01 Å². The first-order chi connectivity index (χ1) is 13.5. The van der Waals surface area contributed by atoms with Gasteiger partial charge < -0.3 is 10.4 Å². The Bertz CT molecular complexity index is 1080. The molecule has 4 rings (SSSR count). The van der Waals surface area contributed by atoms with E-state index in [-0.39, 0.29) is 11.7 Å². The number of hydrogen-bond acceptors (Lipinski definition) is 4. The zero-order valence-corrected chi connectivity index (χ0v) is 15.9. The van der Waals surface area contributed by atoms with E-state index in [0.717, 1.165) is 11.3 Å². The highest BCUT2D eigenvalue weighted by Crippen LogP contribution is 2.34. The van der Waals surface area contributed by atoms with Gasteiger partial charge in [-0.2, -0.15) is 5.10 Å². The quantitative estimate of drug-likeness (QED) is 0.615. The Labute approximate surface area is 167 Å². The normalized spacial score (nSPS) is 16.5. The Morgan fingerprint density at radius 3 is 2.61 bits per heavy atom. The molecule has 0 aromatic heterocycles. The Hall–Kier alpha value is -3.31. The number of carbonyl (C=O) groups is 1. The van der Waals surface area contributed by atoms with E-state index in [1.54, 1.807) is 43.3 Å². The van der Waals surface area contributed by atoms with E-state index in [1.807, 2.05) is 36.4 Å². The molecule has 0 saturated heterocycles. The number of phenols is 1. The SMILES string of the molecule is C/C(=N\N1C(=O)c2ccccc2N[C@@H]1c1cccc(Cl)c1)c1ccccc1O. The zero-order chi connectivity index (χ0) is 19.7. The van der Waals surface area contributed by atoms with Crippen molar-refractivity contribution in [2.24, 2.45) is 5.10 Å². The highest BCUT2D eigenvalue weighted by Gasteiger charge is 2.33. The lowest BCUT2D eigenvalue weighted by atomic mass is 10.0. The predicted molar refractivity (Wildman–Crippen MR) is 111 cm³/mol. The molecule has 28 heavy (non-hydrogen) atoms. The standard InChI is InChI=1S/C22H18ClN3O2/c1-14(17-9-3-5-12-20(17)27)25-26-21(15-7-6-8-16(23)13-15)24-19-11-4-2-10-18(19)22(26)28/h2-13,21,24,27H,1H3/b25-14+/t21-/m0/s1. The van der Waals surface area contributed by atoms with Crippen molar-refractivity contribution in [1.29, 1.82) is 0 Å². The Morgan fingerprint density at radius 2 is 1.82 bits per heavy atom. The number of aromatic hydroxyl groups is 1. The molecule has 1 atom stereocenters. The molecule has 1 heterocycles. The number of para-hydroxylation sites is 2. The molecule has 0 unspecified atom stereocenters. The van der Waals surface area contributed by atoms with E-state index in [2.05, 4.69) is 10.4 Å². The van der Waals surface area contributed by atoms with Crippen LogP contribution < -0.4 is 5.32 Å². The molecule has 0 fully saturated rings. The number of benzene rings is 3. The number of nitrogens with zero attached hydrogens (tertiary/aromatic N) is 2. The van der Waals surface area contributed by atoms with Crippen molar-refractivity contribution in [3.8, 4) is 5.75 Å². The molecule has 1 amide bonds. The minimum Gasteiger partial charge on any atom is -0.507 e. The fourth-order valence-corrected chi connectivity index (χ4v) is 3.44. The molecule has 1 aliphatic rings. The van der Waals surface area contributed by atoms with Crippen LogP contribution in [-0.4, -0.2) is 21.7 Å². The molecule has 0 aliphatic carbocycles. The topological polar surface area (TPSA) is 64.9 Å². The van der Waals surface area contributed by atoms with Gasteiger partial charge in [0, 0.05) is 16.3 Å². The summed E-state index contributed by atoms with van der Waals surface area (Å²) in [7, 11) is 0. The van der Waals surface area contributed by atoms with Gasteiger partial charge in [0.05, 0.1) is 11.3 Å². The van der Waals surface area contributed by atoms with Gasteiger partial charge in [-0.15, -0.1) is 0 Å². The van der Waals surface area contributed by atoms with E-state index in [0.29, 0.717) is 21.9 Å². The van der Waals surface area contributed by atoms with Gasteiger partial charge in [-0.1, -0.05) is 48.0 Å². The molecule has 0 saturated carbocycles. The lowest BCUT2D eigenvalue weighted by molar-refractivity contribution is 0.0689. The predicted octanol–water partition coefficient (Wildman–Crippen LogP) is 5.04. The van der Waals surface area contributed by atoms with Crippen LogP contribution in [-0.2, 0) is 0 Å². The van der Waals surface area contributed by atoms with Crippen molar-refractivity contribution in [3.63, 3.8) is 0 Å². The van der Waals surface area contributed by atoms with Gasteiger partial charge in [-0.3, -0.25) is 4.79 Å². The fourth-order valence-electron chi connectivity index (χ4n) is 3.24. The number of hydrazone groups is 1. The minimum atomic E-state index is -0.526. The molecule has 1 aliphatic heterocycles. The number of rotatable bonds is 3. The Morgan fingerprint density at radius 1 is 1.07 bits per heavy atom. The molecule has 5 nitrogen and oxygen atoms in total. The van der Waals surface area contributed by atoms with Crippen LogP contribution in [0.4, 0.5) is 5.69 Å². The van der Waals surface area contributed by atoms with Crippen LogP contribution in [0.2, 0.25) is 5.02 Å². The number of nitrogens with one attached hydrogen (secondary N) is 1. The third kappa shape index (κ3) is 3.32. The average molecular weight is 392 g/mol. The van der Waals surface area contributed by atoms with Crippen molar-refractivity contribution < 1.29 is 9.90 Å². The van der Waals surface area contributed by atoms with Crippen molar-refractivity contribution >= 4 is 28.9 Å². The van der Waals surface area contributed by atoms with E-state index in [9.17, 15) is 9.90 Å². The van der Waals surface area contributed by atoms with Gasteiger partial charge in [0.2, 0.25) is 0 Å². The van der Waals surface area contributed by atoms with Crippen LogP contribution in [0.25, 0.3) is 0 Å². The van der Waals surface area contributed by atoms with Gasteiger partial charge in [0.1, 0.15) is 5.75 Å². The summed E-state index contributed by atoms with van der Waals surface area (Å²) < 4.78 is 0. The maximum absolute atomic E-state index is 13.2. The first kappa shape index (κ1) is 18.1. The van der Waals surface area contributed by atoms with Crippen LogP contribution in [0.15, 0.2) is 77.9 Å². The summed E-state index contributed by atoms with van der Waals surface area (Å²) in [5, 5.41) is 20.0. The van der Waals surface area contributed by atoms with Crippen molar-refractivity contribution in [3.05, 3.63) is 94.5 Å². The molecule has 2 N–H and O–H groups in total. The van der Waals surface area contributed by atoms with Gasteiger partial charge in [0.15, 0.2) is 6.17 Å². The molecule has 0 bridgehead atoms. The molecule has 0 radical (unpaired) electrons. The first-order valence-corrected chi connectivity index (χ1v) is 9.20. The third-order valence-electron chi connectivity index (χ3n) is 4.62. The van der Waals surface area contributed by atoms with E-state index in [1.165, 1.54) is 5.01 Å². The number of fused-ring (bicyclic) bond motifs is 1. The molecule has 3 aromatic carbocycles. The van der Waals surface area contributed by atoms with Gasteiger partial charge >= 0.3 is 0 Å². The van der Waals surface area contributed by atoms with Crippen LogP contribution in [0.1, 0.15) is 34.6 Å². The zero-order valence-electron chi connectivity index (χ0n) is 15.1. The van der Waals surface area contributed by atoms with Crippen LogP contribution in [0.5, 0.6) is 5.75 Å². The lowest BCUT2D eigenvalue weighted by Crippen LogP contribution is -2.40. The second kappa shape index (κ2) is 7.37. The maximum atomic E-state index is 13.2. The highest BCUT2D eigenvalue weighted by molar-refractivity contribution is 6.30. The summed E-state index contributed by atoms with van der Waals surface area (Å²) in [4.78, 5) is 13.2. The van der Waals surface area contributed by atoms with Gasteiger partial charge in [-0.25, -0.2) is 5.01 Å². The molecule has 0 spiro atoms. The van der Waals surface area contributed by atoms with Crippen molar-refractivity contribution in [2.75, 3.05) is 5.32 Å². The second-order valence-corrected chi connectivity index (χ2v) is 6.94. The Kier molecular flexibility index (Phi) is 4.75. The monoisotopic (exact) mass is 391 g/mol. The largest absolute Gasteiger partial charge is 0.507 e. The number of hydrogen-bond donors (Lipinski definition) is 2. The van der Waals surface area contributed by atoms with Crippen molar-refractivity contribution in [2.45, 2.75) is 13.1 Å². The van der Waals surface area contributed by atoms with Crippen LogP contribution in [0, 0.1) is 0 Å². The van der Waals surface area contributed by atoms with Gasteiger partial charge in [-0.05, 0) is 48.9 Å². The van der Waals surface area contributed by atoms with Crippen LogP contribution in [0.3, 0.4) is 0 Å². The number of phenolic OH excluding ortho intramolecular Hbond substituents is 1. The summed E-state index contributed by atoms with van der Waals surface area (Å²) in [6, 6.07) is 21.5. The number of carbonyl (C=O) groups excluding carboxylic acids is 1. The second-order valence-electron chi connectivity index (χ2n) is 6.50. The lowest BCUT2D eigenvalue weighted by Gasteiger charge is -2.35. The number of anilines is 1.